The van der Waals surface area contributed by atoms with E-state index in [1.165, 1.54) is 6.26 Å². The average molecular weight is 380 g/mol. The van der Waals surface area contributed by atoms with Crippen molar-refractivity contribution in [3.63, 3.8) is 0 Å². The van der Waals surface area contributed by atoms with Gasteiger partial charge < -0.3 is 25.3 Å². The number of ether oxygens (including phenoxy) is 1. The van der Waals surface area contributed by atoms with Gasteiger partial charge in [-0.15, -0.1) is 0 Å². The number of amides is 2. The van der Waals surface area contributed by atoms with Gasteiger partial charge in [0, 0.05) is 5.56 Å². The molecule has 0 radical (unpaired) electrons. The summed E-state index contributed by atoms with van der Waals surface area (Å²) < 4.78 is 10.8. The molecule has 3 rings (SSSR count). The number of carbonyl (C=O) groups is 2. The van der Waals surface area contributed by atoms with E-state index in [4.69, 9.17) is 14.9 Å². The number of rotatable bonds is 8. The first kappa shape index (κ1) is 19.2. The molecule has 1 unspecified atom stereocenters. The van der Waals surface area contributed by atoms with E-state index in [9.17, 15) is 14.7 Å². The van der Waals surface area contributed by atoms with Gasteiger partial charge in [-0.3, -0.25) is 9.59 Å². The van der Waals surface area contributed by atoms with E-state index in [1.54, 1.807) is 60.7 Å². The Hall–Kier alpha value is -3.58. The maximum Gasteiger partial charge on any atom is 0.252 e. The van der Waals surface area contributed by atoms with Gasteiger partial charge in [0.05, 0.1) is 18.4 Å². The molecule has 0 saturated heterocycles. The van der Waals surface area contributed by atoms with Crippen LogP contribution in [0.4, 0.5) is 0 Å². The van der Waals surface area contributed by atoms with E-state index < -0.39 is 12.0 Å². The largest absolute Gasteiger partial charge is 0.488 e. The van der Waals surface area contributed by atoms with E-state index in [-0.39, 0.29) is 19.1 Å². The maximum absolute atomic E-state index is 12.3. The van der Waals surface area contributed by atoms with Gasteiger partial charge in [-0.1, -0.05) is 24.3 Å². The van der Waals surface area contributed by atoms with Crippen LogP contribution in [0.25, 0.3) is 0 Å². The molecule has 0 fully saturated rings. The Bertz CT molecular complexity index is 953. The summed E-state index contributed by atoms with van der Waals surface area (Å²) in [5.41, 5.74) is 6.81. The van der Waals surface area contributed by atoms with Crippen LogP contribution in [-0.2, 0) is 6.61 Å². The molecule has 2 aromatic carbocycles. The van der Waals surface area contributed by atoms with Gasteiger partial charge in [0.2, 0.25) is 0 Å². The number of benzene rings is 2. The molecule has 0 saturated carbocycles. The van der Waals surface area contributed by atoms with Crippen molar-refractivity contribution in [3.8, 4) is 5.75 Å². The van der Waals surface area contributed by atoms with E-state index in [1.807, 2.05) is 0 Å². The molecule has 1 heterocycles. The van der Waals surface area contributed by atoms with Crippen molar-refractivity contribution in [1.82, 2.24) is 5.32 Å². The van der Waals surface area contributed by atoms with Crippen LogP contribution in [0.5, 0.6) is 5.75 Å². The standard InChI is InChI=1S/C21H20N2O5/c22-20(25)16-7-1-2-8-18(16)28-13-14-5-3-6-15(11-14)21(26)23-12-17(24)19-9-4-10-27-19/h1-11,17,24H,12-13H2,(H2,22,25)(H,23,26). The van der Waals surface area contributed by atoms with Crippen molar-refractivity contribution < 1.29 is 23.8 Å². The number of nitrogens with one attached hydrogen (secondary N) is 1. The minimum atomic E-state index is -0.921. The zero-order valence-corrected chi connectivity index (χ0v) is 15.0. The highest BCUT2D eigenvalue weighted by Crippen LogP contribution is 2.19. The second-order valence-electron chi connectivity index (χ2n) is 6.09. The molecule has 4 N–H and O–H groups in total. The summed E-state index contributed by atoms with van der Waals surface area (Å²) in [6, 6.07) is 16.9. The van der Waals surface area contributed by atoms with Gasteiger partial charge in [-0.05, 0) is 42.0 Å². The summed E-state index contributed by atoms with van der Waals surface area (Å²) >= 11 is 0. The smallest absolute Gasteiger partial charge is 0.252 e. The second kappa shape index (κ2) is 8.88. The second-order valence-corrected chi connectivity index (χ2v) is 6.09. The topological polar surface area (TPSA) is 115 Å². The lowest BCUT2D eigenvalue weighted by atomic mass is 10.1. The van der Waals surface area contributed by atoms with Crippen LogP contribution >= 0.6 is 0 Å². The Morgan fingerprint density at radius 3 is 2.68 bits per heavy atom. The number of carbonyl (C=O) groups excluding carboxylic acids is 2. The number of aliphatic hydroxyl groups is 1. The van der Waals surface area contributed by atoms with Crippen LogP contribution in [0.1, 0.15) is 38.1 Å². The molecule has 0 spiro atoms. The quantitative estimate of drug-likeness (QED) is 0.555. The number of hydrogen-bond donors (Lipinski definition) is 3. The van der Waals surface area contributed by atoms with Crippen molar-refractivity contribution >= 4 is 11.8 Å². The van der Waals surface area contributed by atoms with Crippen LogP contribution in [0.2, 0.25) is 0 Å². The first-order valence-electron chi connectivity index (χ1n) is 8.65. The van der Waals surface area contributed by atoms with Crippen molar-refractivity contribution in [2.45, 2.75) is 12.7 Å². The van der Waals surface area contributed by atoms with Gasteiger partial charge in [-0.2, -0.15) is 0 Å². The zero-order valence-electron chi connectivity index (χ0n) is 15.0. The molecule has 7 nitrogen and oxygen atoms in total. The molecule has 28 heavy (non-hydrogen) atoms. The van der Waals surface area contributed by atoms with Crippen molar-refractivity contribution in [1.29, 1.82) is 0 Å². The number of nitrogens with two attached hydrogens (primary N) is 1. The molecule has 2 amide bonds. The molecule has 1 atom stereocenters. The third-order valence-corrected chi connectivity index (χ3v) is 4.06. The van der Waals surface area contributed by atoms with Crippen LogP contribution in [0.15, 0.2) is 71.3 Å². The monoisotopic (exact) mass is 380 g/mol. The summed E-state index contributed by atoms with van der Waals surface area (Å²) in [4.78, 5) is 23.8. The summed E-state index contributed by atoms with van der Waals surface area (Å²) in [6.45, 7) is 0.194. The van der Waals surface area contributed by atoms with Gasteiger partial charge in [0.15, 0.2) is 0 Å². The molecular weight excluding hydrogens is 360 g/mol. The molecule has 0 aliphatic carbocycles. The highest BCUT2D eigenvalue weighted by molar-refractivity contribution is 5.95. The number of para-hydroxylation sites is 1. The predicted molar refractivity (Wildman–Crippen MR) is 102 cm³/mol. The summed E-state index contributed by atoms with van der Waals surface area (Å²) in [5.74, 6) is -0.133. The van der Waals surface area contributed by atoms with E-state index >= 15 is 0 Å². The Labute approximate surface area is 161 Å². The maximum atomic E-state index is 12.3. The average Bonchev–Trinajstić information content (AvgIpc) is 3.25. The molecule has 1 aromatic heterocycles. The molecule has 0 bridgehead atoms. The minimum absolute atomic E-state index is 0.0268. The van der Waals surface area contributed by atoms with Crippen molar-refractivity contribution in [2.24, 2.45) is 5.73 Å². The molecule has 7 heteroatoms. The third kappa shape index (κ3) is 4.77. The minimum Gasteiger partial charge on any atom is -0.488 e. The fourth-order valence-corrected chi connectivity index (χ4v) is 2.63. The van der Waals surface area contributed by atoms with E-state index in [0.29, 0.717) is 22.6 Å². The first-order chi connectivity index (χ1) is 13.5. The summed E-state index contributed by atoms with van der Waals surface area (Å²) in [5, 5.41) is 12.6. The van der Waals surface area contributed by atoms with Gasteiger partial charge in [0.1, 0.15) is 24.2 Å². The molecule has 0 aliphatic heterocycles. The van der Waals surface area contributed by atoms with Crippen molar-refractivity contribution in [2.75, 3.05) is 6.54 Å². The number of hydrogen-bond acceptors (Lipinski definition) is 5. The van der Waals surface area contributed by atoms with Gasteiger partial charge in [0.25, 0.3) is 11.8 Å². The Kier molecular flexibility index (Phi) is 6.08. The normalized spacial score (nSPS) is 11.6. The number of aliphatic hydroxyl groups excluding tert-OH is 1. The Morgan fingerprint density at radius 1 is 1.11 bits per heavy atom. The lowest BCUT2D eigenvalue weighted by Gasteiger charge is -2.12. The van der Waals surface area contributed by atoms with Gasteiger partial charge >= 0.3 is 0 Å². The third-order valence-electron chi connectivity index (χ3n) is 4.06. The van der Waals surface area contributed by atoms with Gasteiger partial charge in [-0.25, -0.2) is 0 Å². The van der Waals surface area contributed by atoms with Crippen LogP contribution in [0.3, 0.4) is 0 Å². The van der Waals surface area contributed by atoms with E-state index in [2.05, 4.69) is 5.32 Å². The number of furan rings is 1. The molecule has 3 aromatic rings. The highest BCUT2D eigenvalue weighted by Gasteiger charge is 2.13. The summed E-state index contributed by atoms with van der Waals surface area (Å²) in [7, 11) is 0. The Balaban J connectivity index is 1.61. The number of primary amides is 1. The first-order valence-corrected chi connectivity index (χ1v) is 8.65. The Morgan fingerprint density at radius 2 is 1.93 bits per heavy atom. The fraction of sp³-hybridized carbons (Fsp3) is 0.143. The highest BCUT2D eigenvalue weighted by atomic mass is 16.5. The fourth-order valence-electron chi connectivity index (χ4n) is 2.63. The zero-order chi connectivity index (χ0) is 19.9. The van der Waals surface area contributed by atoms with Crippen molar-refractivity contribution in [3.05, 3.63) is 89.4 Å². The SMILES string of the molecule is NC(=O)c1ccccc1OCc1cccc(C(=O)NCC(O)c2ccco2)c1. The molecule has 0 aliphatic rings. The molecule has 144 valence electrons. The van der Waals surface area contributed by atoms with E-state index in [0.717, 1.165) is 5.56 Å². The summed E-state index contributed by atoms with van der Waals surface area (Å²) in [6.07, 6.45) is 0.538. The lowest BCUT2D eigenvalue weighted by Crippen LogP contribution is -2.28. The van der Waals surface area contributed by atoms with Crippen LogP contribution in [0, 0.1) is 0 Å². The van der Waals surface area contributed by atoms with Crippen LogP contribution in [-0.4, -0.2) is 23.5 Å². The predicted octanol–water partition coefficient (Wildman–Crippen LogP) is 2.42. The lowest BCUT2D eigenvalue weighted by molar-refractivity contribution is 0.0900. The van der Waals surface area contributed by atoms with Crippen LogP contribution < -0.4 is 15.8 Å². The molecular formula is C21H20N2O5.